The first-order chi connectivity index (χ1) is 10.9. The normalized spacial score (nSPS) is 11.1. The molecule has 2 aromatic rings. The first kappa shape index (κ1) is 17.0. The zero-order valence-corrected chi connectivity index (χ0v) is 14.0. The summed E-state index contributed by atoms with van der Waals surface area (Å²) in [6.07, 6.45) is 1.49. The number of sulfone groups is 1. The maximum atomic E-state index is 12.7. The Bertz CT molecular complexity index is 801. The van der Waals surface area contributed by atoms with Crippen molar-refractivity contribution in [2.45, 2.75) is 11.8 Å². The number of carbonyl (C=O) groups is 1. The fourth-order valence-electron chi connectivity index (χ4n) is 2.06. The van der Waals surface area contributed by atoms with Gasteiger partial charge in [0.15, 0.2) is 9.84 Å². The fourth-order valence-corrected chi connectivity index (χ4v) is 3.15. The van der Waals surface area contributed by atoms with Gasteiger partial charge in [0.25, 0.3) is 5.91 Å². The van der Waals surface area contributed by atoms with Crippen LogP contribution in [0.5, 0.6) is 5.88 Å². The van der Waals surface area contributed by atoms with Crippen molar-refractivity contribution in [2.24, 2.45) is 0 Å². The van der Waals surface area contributed by atoms with Crippen LogP contribution in [-0.2, 0) is 9.84 Å². The van der Waals surface area contributed by atoms with E-state index in [0.29, 0.717) is 11.6 Å². The second-order valence-electron chi connectivity index (χ2n) is 4.82. The average molecular weight is 334 g/mol. The van der Waals surface area contributed by atoms with Crippen LogP contribution in [-0.4, -0.2) is 39.2 Å². The Kier molecular flexibility index (Phi) is 5.00. The first-order valence-electron chi connectivity index (χ1n) is 7.00. The summed E-state index contributed by atoms with van der Waals surface area (Å²) in [5, 5.41) is 0. The minimum atomic E-state index is -3.48. The number of rotatable bonds is 5. The second kappa shape index (κ2) is 6.78. The molecule has 6 nitrogen and oxygen atoms in total. The molecule has 0 spiro atoms. The lowest BCUT2D eigenvalue weighted by molar-refractivity contribution is 0.0989. The van der Waals surface area contributed by atoms with Gasteiger partial charge in [-0.2, -0.15) is 0 Å². The number of nitrogens with zero attached hydrogens (tertiary/aromatic N) is 2. The Morgan fingerprint density at radius 3 is 2.48 bits per heavy atom. The van der Waals surface area contributed by atoms with E-state index in [9.17, 15) is 13.2 Å². The molecule has 7 heteroatoms. The largest absolute Gasteiger partial charge is 0.481 e. The minimum Gasteiger partial charge on any atom is -0.481 e. The molecule has 0 saturated heterocycles. The van der Waals surface area contributed by atoms with Crippen molar-refractivity contribution < 1.29 is 17.9 Å². The number of hydrogen-bond acceptors (Lipinski definition) is 5. The lowest BCUT2D eigenvalue weighted by Gasteiger charge is -2.19. The number of aromatic nitrogens is 1. The van der Waals surface area contributed by atoms with Crippen molar-refractivity contribution >= 4 is 21.4 Å². The van der Waals surface area contributed by atoms with Gasteiger partial charge < -0.3 is 9.64 Å². The van der Waals surface area contributed by atoms with E-state index in [1.807, 2.05) is 0 Å². The molecule has 0 aliphatic rings. The Morgan fingerprint density at radius 1 is 1.22 bits per heavy atom. The monoisotopic (exact) mass is 334 g/mol. The first-order valence-corrected chi connectivity index (χ1v) is 8.65. The number of methoxy groups -OCH3 is 1. The van der Waals surface area contributed by atoms with E-state index in [1.54, 1.807) is 38.2 Å². The molecular weight excluding hydrogens is 316 g/mol. The van der Waals surface area contributed by atoms with Crippen LogP contribution in [0.15, 0.2) is 47.5 Å². The van der Waals surface area contributed by atoms with Gasteiger partial charge in [0.1, 0.15) is 0 Å². The SMILES string of the molecule is CCS(=O)(=O)c1ccccc1C(=O)N(C)c1ccc(OC)nc1. The Hall–Kier alpha value is -2.41. The maximum Gasteiger partial charge on any atom is 0.259 e. The van der Waals surface area contributed by atoms with E-state index >= 15 is 0 Å². The van der Waals surface area contributed by atoms with Gasteiger partial charge in [-0.3, -0.25) is 4.79 Å². The van der Waals surface area contributed by atoms with Crippen molar-refractivity contribution in [3.63, 3.8) is 0 Å². The molecule has 0 aliphatic heterocycles. The summed E-state index contributed by atoms with van der Waals surface area (Å²) in [5.41, 5.74) is 0.687. The van der Waals surface area contributed by atoms with E-state index in [-0.39, 0.29) is 16.2 Å². The van der Waals surface area contributed by atoms with Crippen LogP contribution in [0.25, 0.3) is 0 Å². The lowest BCUT2D eigenvalue weighted by Crippen LogP contribution is -2.28. The molecule has 0 fully saturated rings. The van der Waals surface area contributed by atoms with E-state index in [1.165, 1.54) is 30.3 Å². The van der Waals surface area contributed by atoms with Gasteiger partial charge in [0, 0.05) is 13.1 Å². The molecule has 0 radical (unpaired) electrons. The molecule has 0 N–H and O–H groups in total. The number of hydrogen-bond donors (Lipinski definition) is 0. The third-order valence-electron chi connectivity index (χ3n) is 3.45. The van der Waals surface area contributed by atoms with Gasteiger partial charge in [-0.05, 0) is 18.2 Å². The number of benzene rings is 1. The van der Waals surface area contributed by atoms with Crippen LogP contribution in [0.1, 0.15) is 17.3 Å². The van der Waals surface area contributed by atoms with Gasteiger partial charge in [-0.15, -0.1) is 0 Å². The molecular formula is C16H18N2O4S. The quantitative estimate of drug-likeness (QED) is 0.837. The van der Waals surface area contributed by atoms with Gasteiger partial charge in [-0.1, -0.05) is 19.1 Å². The highest BCUT2D eigenvalue weighted by Gasteiger charge is 2.23. The molecule has 23 heavy (non-hydrogen) atoms. The highest BCUT2D eigenvalue weighted by Crippen LogP contribution is 2.22. The summed E-state index contributed by atoms with van der Waals surface area (Å²) in [7, 11) is -0.410. The zero-order valence-electron chi connectivity index (χ0n) is 13.2. The van der Waals surface area contributed by atoms with Crippen molar-refractivity contribution in [2.75, 3.05) is 24.8 Å². The lowest BCUT2D eigenvalue weighted by atomic mass is 10.2. The molecule has 0 unspecified atom stereocenters. The third-order valence-corrected chi connectivity index (χ3v) is 5.24. The molecule has 1 aromatic carbocycles. The number of anilines is 1. The summed E-state index contributed by atoms with van der Waals surface area (Å²) in [6.45, 7) is 1.55. The molecule has 1 aromatic heterocycles. The smallest absolute Gasteiger partial charge is 0.259 e. The van der Waals surface area contributed by atoms with E-state index in [4.69, 9.17) is 4.74 Å². The average Bonchev–Trinajstić information content (AvgIpc) is 2.60. The number of carbonyl (C=O) groups excluding carboxylic acids is 1. The molecule has 0 bridgehead atoms. The molecule has 0 atom stereocenters. The Morgan fingerprint density at radius 2 is 1.91 bits per heavy atom. The summed E-state index contributed by atoms with van der Waals surface area (Å²) < 4.78 is 29.3. The van der Waals surface area contributed by atoms with Crippen molar-refractivity contribution in [3.05, 3.63) is 48.2 Å². The summed E-state index contributed by atoms with van der Waals surface area (Å²) in [4.78, 5) is 18.1. The van der Waals surface area contributed by atoms with E-state index in [2.05, 4.69) is 4.98 Å². The Balaban J connectivity index is 2.40. The van der Waals surface area contributed by atoms with Gasteiger partial charge >= 0.3 is 0 Å². The number of ether oxygens (including phenoxy) is 1. The molecule has 122 valence electrons. The summed E-state index contributed by atoms with van der Waals surface area (Å²) >= 11 is 0. The molecule has 2 rings (SSSR count). The zero-order chi connectivity index (χ0) is 17.0. The Labute approximate surface area is 135 Å². The van der Waals surface area contributed by atoms with E-state index in [0.717, 1.165) is 0 Å². The van der Waals surface area contributed by atoms with E-state index < -0.39 is 15.7 Å². The van der Waals surface area contributed by atoms with Crippen LogP contribution >= 0.6 is 0 Å². The van der Waals surface area contributed by atoms with Gasteiger partial charge in [0.05, 0.1) is 35.2 Å². The van der Waals surface area contributed by atoms with Gasteiger partial charge in [-0.25, -0.2) is 13.4 Å². The van der Waals surface area contributed by atoms with Crippen molar-refractivity contribution in [3.8, 4) is 5.88 Å². The topological polar surface area (TPSA) is 76.6 Å². The third kappa shape index (κ3) is 3.50. The van der Waals surface area contributed by atoms with Crippen molar-refractivity contribution in [1.82, 2.24) is 4.98 Å². The highest BCUT2D eigenvalue weighted by atomic mass is 32.2. The number of amides is 1. The minimum absolute atomic E-state index is 0.0424. The van der Waals surface area contributed by atoms with Crippen LogP contribution in [0.3, 0.4) is 0 Å². The standard InChI is InChI=1S/C16H18N2O4S/c1-4-23(20,21)14-8-6-5-7-13(14)16(19)18(2)12-9-10-15(22-3)17-11-12/h5-11H,4H2,1-3H3. The van der Waals surface area contributed by atoms with Crippen LogP contribution < -0.4 is 9.64 Å². The second-order valence-corrected chi connectivity index (χ2v) is 7.07. The molecule has 1 heterocycles. The molecule has 0 aliphatic carbocycles. The van der Waals surface area contributed by atoms with Crippen LogP contribution in [0, 0.1) is 0 Å². The number of pyridine rings is 1. The summed E-state index contributed by atoms with van der Waals surface area (Å²) in [6, 6.07) is 9.52. The van der Waals surface area contributed by atoms with Crippen LogP contribution in [0.2, 0.25) is 0 Å². The van der Waals surface area contributed by atoms with Crippen molar-refractivity contribution in [1.29, 1.82) is 0 Å². The summed E-state index contributed by atoms with van der Waals surface area (Å²) in [5.74, 6) is -0.0429. The molecule has 1 amide bonds. The van der Waals surface area contributed by atoms with Gasteiger partial charge in [0.2, 0.25) is 5.88 Å². The fraction of sp³-hybridized carbons (Fsp3) is 0.250. The highest BCUT2D eigenvalue weighted by molar-refractivity contribution is 7.91. The molecule has 0 saturated carbocycles. The predicted octanol–water partition coefficient (Wildman–Crippen LogP) is 2.16. The predicted molar refractivity (Wildman–Crippen MR) is 87.7 cm³/mol. The maximum absolute atomic E-state index is 12.7. The van der Waals surface area contributed by atoms with Crippen LogP contribution in [0.4, 0.5) is 5.69 Å².